The molecule has 2 aliphatic rings. The number of aliphatic hydroxyl groups is 1. The Balaban J connectivity index is 1.61. The first-order valence-electron chi connectivity index (χ1n) is 7.36. The average molecular weight is 275 g/mol. The van der Waals surface area contributed by atoms with E-state index in [4.69, 9.17) is 4.74 Å². The Hall–Kier alpha value is -1.39. The van der Waals surface area contributed by atoms with E-state index in [1.807, 2.05) is 18.2 Å². The van der Waals surface area contributed by atoms with Crippen LogP contribution in [0, 0.1) is 0 Å². The van der Waals surface area contributed by atoms with Gasteiger partial charge in [0, 0.05) is 12.1 Å². The molecule has 20 heavy (non-hydrogen) atoms. The Morgan fingerprint density at radius 2 is 1.95 bits per heavy atom. The number of amides is 1. The summed E-state index contributed by atoms with van der Waals surface area (Å²) in [5, 5.41) is 13.3. The smallest absolute Gasteiger partial charge is 0.251 e. The highest BCUT2D eigenvalue weighted by atomic mass is 16.5. The van der Waals surface area contributed by atoms with Crippen LogP contribution in [0.25, 0.3) is 0 Å². The molecule has 1 heterocycles. The van der Waals surface area contributed by atoms with Gasteiger partial charge in [-0.1, -0.05) is 25.3 Å². The molecule has 4 nitrogen and oxygen atoms in total. The number of ether oxygens (including phenoxy) is 1. The molecule has 0 aromatic heterocycles. The molecule has 0 radical (unpaired) electrons. The fourth-order valence-electron chi connectivity index (χ4n) is 3.05. The third kappa shape index (κ3) is 2.86. The molecule has 0 unspecified atom stereocenters. The van der Waals surface area contributed by atoms with Crippen LogP contribution in [-0.2, 0) is 18.0 Å². The van der Waals surface area contributed by atoms with Crippen LogP contribution in [0.1, 0.15) is 53.6 Å². The number of benzene rings is 1. The van der Waals surface area contributed by atoms with Gasteiger partial charge >= 0.3 is 0 Å². The van der Waals surface area contributed by atoms with Crippen LogP contribution < -0.4 is 5.32 Å². The summed E-state index contributed by atoms with van der Waals surface area (Å²) in [6.45, 7) is 1.57. The zero-order valence-electron chi connectivity index (χ0n) is 11.7. The summed E-state index contributed by atoms with van der Waals surface area (Å²) in [6, 6.07) is 5.67. The van der Waals surface area contributed by atoms with Gasteiger partial charge in [-0.3, -0.25) is 4.79 Å². The fourth-order valence-corrected chi connectivity index (χ4v) is 3.05. The topological polar surface area (TPSA) is 58.6 Å². The van der Waals surface area contributed by atoms with Crippen molar-refractivity contribution in [2.45, 2.75) is 50.9 Å². The van der Waals surface area contributed by atoms with E-state index in [0.29, 0.717) is 25.3 Å². The average Bonchev–Trinajstić information content (AvgIpc) is 2.93. The van der Waals surface area contributed by atoms with Crippen molar-refractivity contribution in [2.24, 2.45) is 0 Å². The van der Waals surface area contributed by atoms with Crippen LogP contribution in [0.4, 0.5) is 0 Å². The standard InChI is InChI=1S/C16H21NO3/c18-15(17-11-16(19)6-2-1-3-7-16)12-4-5-13-9-20-10-14(13)8-12/h4-5,8,19H,1-3,6-7,9-11H2,(H,17,18). The van der Waals surface area contributed by atoms with Crippen molar-refractivity contribution in [1.29, 1.82) is 0 Å². The Kier molecular flexibility index (Phi) is 3.76. The van der Waals surface area contributed by atoms with Gasteiger partial charge in [-0.15, -0.1) is 0 Å². The Morgan fingerprint density at radius 1 is 1.20 bits per heavy atom. The number of hydrogen-bond acceptors (Lipinski definition) is 3. The number of rotatable bonds is 3. The fraction of sp³-hybridized carbons (Fsp3) is 0.562. The summed E-state index contributed by atoms with van der Waals surface area (Å²) in [7, 11) is 0. The predicted molar refractivity (Wildman–Crippen MR) is 75.3 cm³/mol. The van der Waals surface area contributed by atoms with Gasteiger partial charge in [0.1, 0.15) is 0 Å². The third-order valence-electron chi connectivity index (χ3n) is 4.35. The van der Waals surface area contributed by atoms with Crippen molar-refractivity contribution < 1.29 is 14.6 Å². The highest BCUT2D eigenvalue weighted by Gasteiger charge is 2.29. The number of carbonyl (C=O) groups is 1. The molecule has 1 amide bonds. The van der Waals surface area contributed by atoms with E-state index in [2.05, 4.69) is 5.32 Å². The third-order valence-corrected chi connectivity index (χ3v) is 4.35. The number of carbonyl (C=O) groups excluding carboxylic acids is 1. The SMILES string of the molecule is O=C(NCC1(O)CCCCC1)c1ccc2c(c1)COC2. The minimum absolute atomic E-state index is 0.112. The normalized spacial score (nSPS) is 20.4. The first kappa shape index (κ1) is 13.6. The van der Waals surface area contributed by atoms with Gasteiger partial charge in [0.05, 0.1) is 18.8 Å². The molecule has 1 aliphatic carbocycles. The molecule has 1 saturated carbocycles. The zero-order valence-corrected chi connectivity index (χ0v) is 11.7. The van der Waals surface area contributed by atoms with Crippen LogP contribution in [0.3, 0.4) is 0 Å². The lowest BCUT2D eigenvalue weighted by molar-refractivity contribution is 0.00525. The van der Waals surface area contributed by atoms with Crippen molar-refractivity contribution in [1.82, 2.24) is 5.32 Å². The number of nitrogens with one attached hydrogen (secondary N) is 1. The second-order valence-corrected chi connectivity index (χ2v) is 5.94. The molecule has 0 atom stereocenters. The minimum Gasteiger partial charge on any atom is -0.388 e. The maximum absolute atomic E-state index is 12.2. The van der Waals surface area contributed by atoms with E-state index in [-0.39, 0.29) is 5.91 Å². The summed E-state index contributed by atoms with van der Waals surface area (Å²) in [5.41, 5.74) is 2.18. The molecular formula is C16H21NO3. The first-order valence-corrected chi connectivity index (χ1v) is 7.36. The van der Waals surface area contributed by atoms with Gasteiger partial charge in [-0.2, -0.15) is 0 Å². The molecule has 1 aromatic carbocycles. The highest BCUT2D eigenvalue weighted by Crippen LogP contribution is 2.27. The lowest BCUT2D eigenvalue weighted by Crippen LogP contribution is -2.44. The van der Waals surface area contributed by atoms with E-state index in [1.54, 1.807) is 0 Å². The van der Waals surface area contributed by atoms with Gasteiger partial charge in [0.15, 0.2) is 0 Å². The lowest BCUT2D eigenvalue weighted by atomic mass is 9.85. The maximum Gasteiger partial charge on any atom is 0.251 e. The maximum atomic E-state index is 12.2. The molecule has 0 saturated heterocycles. The summed E-state index contributed by atoms with van der Waals surface area (Å²) in [5.74, 6) is -0.112. The van der Waals surface area contributed by atoms with Gasteiger partial charge in [-0.25, -0.2) is 0 Å². The summed E-state index contributed by atoms with van der Waals surface area (Å²) >= 11 is 0. The molecule has 108 valence electrons. The van der Waals surface area contributed by atoms with E-state index in [9.17, 15) is 9.90 Å². The van der Waals surface area contributed by atoms with Gasteiger partial charge < -0.3 is 15.2 Å². The van der Waals surface area contributed by atoms with Crippen molar-refractivity contribution in [2.75, 3.05) is 6.54 Å². The second-order valence-electron chi connectivity index (χ2n) is 5.94. The summed E-state index contributed by atoms with van der Waals surface area (Å²) < 4.78 is 5.35. The van der Waals surface area contributed by atoms with E-state index < -0.39 is 5.60 Å². The number of hydrogen-bond donors (Lipinski definition) is 2. The van der Waals surface area contributed by atoms with Crippen molar-refractivity contribution in [3.63, 3.8) is 0 Å². The van der Waals surface area contributed by atoms with Gasteiger partial charge in [-0.05, 0) is 36.1 Å². The van der Waals surface area contributed by atoms with E-state index in [1.165, 1.54) is 6.42 Å². The van der Waals surface area contributed by atoms with Crippen LogP contribution in [-0.4, -0.2) is 23.2 Å². The minimum atomic E-state index is -0.715. The summed E-state index contributed by atoms with van der Waals surface area (Å²) in [4.78, 5) is 12.2. The Bertz CT molecular complexity index is 506. The van der Waals surface area contributed by atoms with Crippen LogP contribution >= 0.6 is 0 Å². The molecule has 3 rings (SSSR count). The molecule has 0 bridgehead atoms. The first-order chi connectivity index (χ1) is 9.66. The van der Waals surface area contributed by atoms with Crippen molar-refractivity contribution in [3.05, 3.63) is 34.9 Å². The van der Waals surface area contributed by atoms with E-state index >= 15 is 0 Å². The van der Waals surface area contributed by atoms with Gasteiger partial charge in [0.2, 0.25) is 0 Å². The Morgan fingerprint density at radius 3 is 2.75 bits per heavy atom. The van der Waals surface area contributed by atoms with Crippen molar-refractivity contribution in [3.8, 4) is 0 Å². The van der Waals surface area contributed by atoms with Gasteiger partial charge in [0.25, 0.3) is 5.91 Å². The molecular weight excluding hydrogens is 254 g/mol. The lowest BCUT2D eigenvalue weighted by Gasteiger charge is -2.32. The second kappa shape index (κ2) is 5.54. The molecule has 1 aliphatic heterocycles. The molecule has 1 fully saturated rings. The molecule has 0 spiro atoms. The highest BCUT2D eigenvalue weighted by molar-refractivity contribution is 5.94. The molecule has 2 N–H and O–H groups in total. The van der Waals surface area contributed by atoms with E-state index in [0.717, 1.165) is 36.8 Å². The Labute approximate surface area is 119 Å². The number of fused-ring (bicyclic) bond motifs is 1. The summed E-state index contributed by atoms with van der Waals surface area (Å²) in [6.07, 6.45) is 4.84. The predicted octanol–water partition coefficient (Wildman–Crippen LogP) is 2.14. The van der Waals surface area contributed by atoms with Crippen LogP contribution in [0.5, 0.6) is 0 Å². The quantitative estimate of drug-likeness (QED) is 0.888. The zero-order chi connectivity index (χ0) is 14.0. The van der Waals surface area contributed by atoms with Crippen molar-refractivity contribution >= 4 is 5.91 Å². The van der Waals surface area contributed by atoms with Crippen LogP contribution in [0.2, 0.25) is 0 Å². The molecule has 4 heteroatoms. The van der Waals surface area contributed by atoms with Crippen LogP contribution in [0.15, 0.2) is 18.2 Å². The largest absolute Gasteiger partial charge is 0.388 e. The molecule has 1 aromatic rings. The monoisotopic (exact) mass is 275 g/mol.